The third kappa shape index (κ3) is 3.11. The summed E-state index contributed by atoms with van der Waals surface area (Å²) in [6, 6.07) is 6.60. The van der Waals surface area contributed by atoms with Gasteiger partial charge in [0.2, 0.25) is 0 Å². The molecule has 0 atom stereocenters. The lowest BCUT2D eigenvalue weighted by Crippen LogP contribution is -2.04. The molecule has 0 radical (unpaired) electrons. The van der Waals surface area contributed by atoms with Crippen molar-refractivity contribution < 1.29 is 4.39 Å². The van der Waals surface area contributed by atoms with Gasteiger partial charge in [-0.05, 0) is 31.7 Å². The van der Waals surface area contributed by atoms with E-state index in [1.807, 2.05) is 26.1 Å². The minimum absolute atomic E-state index is 0.194. The fourth-order valence-corrected chi connectivity index (χ4v) is 2.78. The smallest absolute Gasteiger partial charge is 0.123 e. The van der Waals surface area contributed by atoms with Crippen LogP contribution in [-0.4, -0.2) is 12.0 Å². The number of nitrogens with zero attached hydrogens (tertiary/aromatic N) is 1. The Kier molecular flexibility index (Phi) is 3.86. The SMILES string of the molecule is CNCc1sc(Cc2ccc(F)cc2)nc1C. The van der Waals surface area contributed by atoms with Crippen LogP contribution < -0.4 is 5.32 Å². The molecule has 0 aliphatic carbocycles. The quantitative estimate of drug-likeness (QED) is 0.902. The molecule has 0 spiro atoms. The van der Waals surface area contributed by atoms with Gasteiger partial charge in [-0.25, -0.2) is 9.37 Å². The second-order valence-corrected chi connectivity index (χ2v) is 5.12. The van der Waals surface area contributed by atoms with E-state index in [4.69, 9.17) is 0 Å². The van der Waals surface area contributed by atoms with Gasteiger partial charge in [0.05, 0.1) is 10.7 Å². The molecule has 0 unspecified atom stereocenters. The fourth-order valence-electron chi connectivity index (χ4n) is 1.67. The molecule has 0 aliphatic rings. The molecule has 2 nitrogen and oxygen atoms in total. The highest BCUT2D eigenvalue weighted by molar-refractivity contribution is 7.11. The number of hydrogen-bond donors (Lipinski definition) is 1. The van der Waals surface area contributed by atoms with Gasteiger partial charge < -0.3 is 5.32 Å². The van der Waals surface area contributed by atoms with E-state index in [9.17, 15) is 4.39 Å². The van der Waals surface area contributed by atoms with Crippen molar-refractivity contribution >= 4 is 11.3 Å². The summed E-state index contributed by atoms with van der Waals surface area (Å²) in [6.07, 6.45) is 0.773. The number of thiazole rings is 1. The van der Waals surface area contributed by atoms with E-state index in [-0.39, 0.29) is 5.82 Å². The molecule has 2 aromatic rings. The Morgan fingerprint density at radius 3 is 2.65 bits per heavy atom. The highest BCUT2D eigenvalue weighted by Gasteiger charge is 2.07. The van der Waals surface area contributed by atoms with Crippen LogP contribution >= 0.6 is 11.3 Å². The summed E-state index contributed by atoms with van der Waals surface area (Å²) in [4.78, 5) is 5.80. The summed E-state index contributed by atoms with van der Waals surface area (Å²) in [5.41, 5.74) is 2.18. The van der Waals surface area contributed by atoms with Gasteiger partial charge in [-0.1, -0.05) is 12.1 Å². The molecule has 0 saturated carbocycles. The van der Waals surface area contributed by atoms with Gasteiger partial charge in [-0.2, -0.15) is 0 Å². The van der Waals surface area contributed by atoms with Gasteiger partial charge in [0.1, 0.15) is 5.82 Å². The van der Waals surface area contributed by atoms with Crippen LogP contribution in [-0.2, 0) is 13.0 Å². The average Bonchev–Trinajstić information content (AvgIpc) is 2.63. The van der Waals surface area contributed by atoms with E-state index in [2.05, 4.69) is 10.3 Å². The summed E-state index contributed by atoms with van der Waals surface area (Å²) in [5.74, 6) is -0.194. The zero-order valence-corrected chi connectivity index (χ0v) is 10.8. The van der Waals surface area contributed by atoms with Crippen LogP contribution in [0.4, 0.5) is 4.39 Å². The number of hydrogen-bond acceptors (Lipinski definition) is 3. The van der Waals surface area contributed by atoms with Gasteiger partial charge in [-0.15, -0.1) is 11.3 Å². The topological polar surface area (TPSA) is 24.9 Å². The maximum Gasteiger partial charge on any atom is 0.123 e. The third-order valence-electron chi connectivity index (χ3n) is 2.54. The van der Waals surface area contributed by atoms with Crippen molar-refractivity contribution in [3.05, 3.63) is 51.2 Å². The highest BCUT2D eigenvalue weighted by atomic mass is 32.1. The molecule has 1 N–H and O–H groups in total. The standard InChI is InChI=1S/C13H15FN2S/c1-9-12(8-15-2)17-13(16-9)7-10-3-5-11(14)6-4-10/h3-6,15H,7-8H2,1-2H3. The van der Waals surface area contributed by atoms with E-state index in [0.717, 1.165) is 29.2 Å². The lowest BCUT2D eigenvalue weighted by atomic mass is 10.1. The van der Waals surface area contributed by atoms with Gasteiger partial charge >= 0.3 is 0 Å². The van der Waals surface area contributed by atoms with Crippen LogP contribution in [0.1, 0.15) is 21.1 Å². The van der Waals surface area contributed by atoms with Crippen LogP contribution in [0.15, 0.2) is 24.3 Å². The number of nitrogens with one attached hydrogen (secondary N) is 1. The molecule has 1 aromatic heterocycles. The Hall–Kier alpha value is -1.26. The van der Waals surface area contributed by atoms with Gasteiger partial charge in [0.25, 0.3) is 0 Å². The first-order chi connectivity index (χ1) is 8.19. The molecule has 1 aromatic carbocycles. The van der Waals surface area contributed by atoms with Crippen LogP contribution in [0, 0.1) is 12.7 Å². The van der Waals surface area contributed by atoms with Gasteiger partial charge in [0, 0.05) is 17.8 Å². The van der Waals surface area contributed by atoms with E-state index in [1.165, 1.54) is 17.0 Å². The molecule has 0 fully saturated rings. The molecule has 0 bridgehead atoms. The predicted molar refractivity (Wildman–Crippen MR) is 68.8 cm³/mol. The molecule has 90 valence electrons. The van der Waals surface area contributed by atoms with Crippen LogP contribution in [0.5, 0.6) is 0 Å². The average molecular weight is 250 g/mol. The van der Waals surface area contributed by atoms with Crippen molar-refractivity contribution in [1.29, 1.82) is 0 Å². The van der Waals surface area contributed by atoms with Gasteiger partial charge in [-0.3, -0.25) is 0 Å². The highest BCUT2D eigenvalue weighted by Crippen LogP contribution is 2.20. The summed E-state index contributed by atoms with van der Waals surface area (Å²) in [5, 5.41) is 4.21. The minimum Gasteiger partial charge on any atom is -0.315 e. The van der Waals surface area contributed by atoms with Gasteiger partial charge in [0.15, 0.2) is 0 Å². The normalized spacial score (nSPS) is 10.8. The maximum absolute atomic E-state index is 12.8. The number of aryl methyl sites for hydroxylation is 1. The number of halogens is 1. The van der Waals surface area contributed by atoms with Crippen molar-refractivity contribution in [2.75, 3.05) is 7.05 Å². The predicted octanol–water partition coefficient (Wildman–Crippen LogP) is 2.90. The summed E-state index contributed by atoms with van der Waals surface area (Å²) in [6.45, 7) is 2.88. The van der Waals surface area contributed by atoms with Crippen molar-refractivity contribution in [3.8, 4) is 0 Å². The summed E-state index contributed by atoms with van der Waals surface area (Å²) < 4.78 is 12.8. The molecule has 4 heteroatoms. The molecule has 1 heterocycles. The van der Waals surface area contributed by atoms with Crippen molar-refractivity contribution in [3.63, 3.8) is 0 Å². The lowest BCUT2D eigenvalue weighted by molar-refractivity contribution is 0.627. The van der Waals surface area contributed by atoms with E-state index >= 15 is 0 Å². The second kappa shape index (κ2) is 5.38. The molecule has 17 heavy (non-hydrogen) atoms. The Balaban J connectivity index is 2.13. The van der Waals surface area contributed by atoms with E-state index < -0.39 is 0 Å². The number of aromatic nitrogens is 1. The summed E-state index contributed by atoms with van der Waals surface area (Å²) >= 11 is 1.72. The Bertz CT molecular complexity index is 491. The zero-order valence-electron chi connectivity index (χ0n) is 9.96. The molecular formula is C13H15FN2S. The Morgan fingerprint density at radius 2 is 2.00 bits per heavy atom. The lowest BCUT2D eigenvalue weighted by Gasteiger charge is -1.97. The second-order valence-electron chi connectivity index (χ2n) is 3.95. The largest absolute Gasteiger partial charge is 0.315 e. The van der Waals surface area contributed by atoms with E-state index in [1.54, 1.807) is 11.3 Å². The summed E-state index contributed by atoms with van der Waals surface area (Å²) in [7, 11) is 1.93. The monoisotopic (exact) mass is 250 g/mol. The fraction of sp³-hybridized carbons (Fsp3) is 0.308. The van der Waals surface area contributed by atoms with Crippen LogP contribution in [0.25, 0.3) is 0 Å². The Morgan fingerprint density at radius 1 is 1.29 bits per heavy atom. The number of benzene rings is 1. The molecule has 0 saturated heterocycles. The first kappa shape index (κ1) is 12.2. The van der Waals surface area contributed by atoms with Crippen LogP contribution in [0.2, 0.25) is 0 Å². The van der Waals surface area contributed by atoms with Crippen molar-refractivity contribution in [2.24, 2.45) is 0 Å². The first-order valence-corrected chi connectivity index (χ1v) is 6.35. The van der Waals surface area contributed by atoms with Crippen LogP contribution in [0.3, 0.4) is 0 Å². The maximum atomic E-state index is 12.8. The molecule has 0 amide bonds. The molecule has 0 aliphatic heterocycles. The Labute approximate surface area is 105 Å². The number of rotatable bonds is 4. The first-order valence-electron chi connectivity index (χ1n) is 5.53. The zero-order chi connectivity index (χ0) is 12.3. The van der Waals surface area contributed by atoms with E-state index in [0.29, 0.717) is 0 Å². The van der Waals surface area contributed by atoms with Crippen molar-refractivity contribution in [1.82, 2.24) is 10.3 Å². The third-order valence-corrected chi connectivity index (χ3v) is 3.70. The van der Waals surface area contributed by atoms with Crippen molar-refractivity contribution in [2.45, 2.75) is 19.9 Å². The molecular weight excluding hydrogens is 235 g/mol. The minimum atomic E-state index is -0.194. The molecule has 2 rings (SSSR count).